The Labute approximate surface area is 90.5 Å². The monoisotopic (exact) mass is 204 g/mol. The van der Waals surface area contributed by atoms with Crippen LogP contribution in [0.3, 0.4) is 0 Å². The lowest BCUT2D eigenvalue weighted by molar-refractivity contribution is 0.0972. The third kappa shape index (κ3) is 1.90. The zero-order valence-electron chi connectivity index (χ0n) is 8.98. The third-order valence-electron chi connectivity index (χ3n) is 2.89. The third-order valence-corrected chi connectivity index (χ3v) is 2.89. The van der Waals surface area contributed by atoms with Gasteiger partial charge in [-0.1, -0.05) is 24.3 Å². The molecular weight excluding hydrogens is 188 g/mol. The summed E-state index contributed by atoms with van der Waals surface area (Å²) in [5.74, 6) is 1.30. The fraction of sp³-hybridized carbons (Fsp3) is 0.385. The van der Waals surface area contributed by atoms with Crippen LogP contribution in [0.1, 0.15) is 18.1 Å². The van der Waals surface area contributed by atoms with E-state index in [-0.39, 0.29) is 6.10 Å². The molecule has 0 N–H and O–H groups in total. The van der Waals surface area contributed by atoms with E-state index in [4.69, 9.17) is 9.47 Å². The van der Waals surface area contributed by atoms with E-state index in [1.54, 1.807) is 7.11 Å². The Morgan fingerprint density at radius 3 is 3.00 bits per heavy atom. The van der Waals surface area contributed by atoms with Crippen molar-refractivity contribution in [2.75, 3.05) is 13.7 Å². The van der Waals surface area contributed by atoms with E-state index in [1.807, 2.05) is 24.3 Å². The number of ether oxygens (including phenoxy) is 2. The second-order valence-corrected chi connectivity index (χ2v) is 3.72. The van der Waals surface area contributed by atoms with E-state index >= 15 is 0 Å². The van der Waals surface area contributed by atoms with E-state index in [0.717, 1.165) is 24.3 Å². The molecule has 0 bridgehead atoms. The lowest BCUT2D eigenvalue weighted by atomic mass is 9.95. The lowest BCUT2D eigenvalue weighted by Crippen LogP contribution is -2.06. The van der Waals surface area contributed by atoms with Crippen LogP contribution in [0.2, 0.25) is 0 Å². The summed E-state index contributed by atoms with van der Waals surface area (Å²) in [5, 5.41) is 0. The molecule has 15 heavy (non-hydrogen) atoms. The van der Waals surface area contributed by atoms with E-state index in [2.05, 4.69) is 12.6 Å². The first-order valence-electron chi connectivity index (χ1n) is 5.24. The zero-order chi connectivity index (χ0) is 10.7. The van der Waals surface area contributed by atoms with Crippen molar-refractivity contribution in [1.29, 1.82) is 0 Å². The van der Waals surface area contributed by atoms with Gasteiger partial charge in [-0.2, -0.15) is 0 Å². The highest BCUT2D eigenvalue weighted by atomic mass is 16.5. The molecule has 80 valence electrons. The molecule has 0 aliphatic carbocycles. The maximum atomic E-state index is 5.73. The molecule has 1 aromatic rings. The standard InChI is InChI=1S/C13H16O2/c1-3-10-8-9-15-13(10)11-6-4-5-7-12(11)14-2/h3-7,10,13H,1,8-9H2,2H3/t10-,13+/m0/s1. The maximum absolute atomic E-state index is 5.73. The van der Waals surface area contributed by atoms with Gasteiger partial charge in [0.15, 0.2) is 0 Å². The molecule has 0 saturated carbocycles. The lowest BCUT2D eigenvalue weighted by Gasteiger charge is -2.18. The molecule has 2 atom stereocenters. The van der Waals surface area contributed by atoms with E-state index in [9.17, 15) is 0 Å². The number of hydrogen-bond acceptors (Lipinski definition) is 2. The first-order chi connectivity index (χ1) is 7.36. The molecule has 1 heterocycles. The van der Waals surface area contributed by atoms with Crippen molar-refractivity contribution in [3.05, 3.63) is 42.5 Å². The van der Waals surface area contributed by atoms with Gasteiger partial charge >= 0.3 is 0 Å². The first-order valence-corrected chi connectivity index (χ1v) is 5.24. The van der Waals surface area contributed by atoms with E-state index in [1.165, 1.54) is 0 Å². The maximum Gasteiger partial charge on any atom is 0.124 e. The number of hydrogen-bond donors (Lipinski definition) is 0. The summed E-state index contributed by atoms with van der Waals surface area (Å²) >= 11 is 0. The molecule has 1 aliphatic heterocycles. The number of methoxy groups -OCH3 is 1. The summed E-state index contributed by atoms with van der Waals surface area (Å²) in [6.07, 6.45) is 3.13. The van der Waals surface area contributed by atoms with Crippen LogP contribution in [-0.2, 0) is 4.74 Å². The van der Waals surface area contributed by atoms with E-state index in [0.29, 0.717) is 5.92 Å². The van der Waals surface area contributed by atoms with Gasteiger partial charge < -0.3 is 9.47 Å². The SMILES string of the molecule is C=C[C@H]1CCO[C@H]1c1ccccc1OC. The van der Waals surface area contributed by atoms with Crippen molar-refractivity contribution in [2.24, 2.45) is 5.92 Å². The molecule has 1 aromatic carbocycles. The molecule has 0 radical (unpaired) electrons. The average Bonchev–Trinajstić information content (AvgIpc) is 2.76. The Bertz CT molecular complexity index is 346. The fourth-order valence-electron chi connectivity index (χ4n) is 2.07. The van der Waals surface area contributed by atoms with Gasteiger partial charge in [-0.05, 0) is 12.5 Å². The molecule has 1 saturated heterocycles. The molecule has 1 fully saturated rings. The first kappa shape index (κ1) is 10.2. The van der Waals surface area contributed by atoms with Gasteiger partial charge in [0, 0.05) is 18.1 Å². The number of benzene rings is 1. The minimum Gasteiger partial charge on any atom is -0.496 e. The Morgan fingerprint density at radius 1 is 1.47 bits per heavy atom. The Kier molecular flexibility index (Phi) is 3.07. The second kappa shape index (κ2) is 4.49. The fourth-order valence-corrected chi connectivity index (χ4v) is 2.07. The minimum absolute atomic E-state index is 0.110. The van der Waals surface area contributed by atoms with Crippen molar-refractivity contribution in [3.63, 3.8) is 0 Å². The molecular formula is C13H16O2. The predicted octanol–water partition coefficient (Wildman–Crippen LogP) is 2.96. The van der Waals surface area contributed by atoms with Crippen LogP contribution in [0.4, 0.5) is 0 Å². The molecule has 1 aliphatic rings. The molecule has 0 aromatic heterocycles. The van der Waals surface area contributed by atoms with Gasteiger partial charge in [0.2, 0.25) is 0 Å². The quantitative estimate of drug-likeness (QED) is 0.705. The van der Waals surface area contributed by atoms with E-state index < -0.39 is 0 Å². The van der Waals surface area contributed by atoms with Crippen LogP contribution in [0.15, 0.2) is 36.9 Å². The summed E-state index contributed by atoms with van der Waals surface area (Å²) in [6.45, 7) is 4.66. The van der Waals surface area contributed by atoms with Crippen LogP contribution in [0.25, 0.3) is 0 Å². The summed E-state index contributed by atoms with van der Waals surface area (Å²) in [6, 6.07) is 8.02. The summed E-state index contributed by atoms with van der Waals surface area (Å²) in [7, 11) is 1.69. The van der Waals surface area contributed by atoms with Gasteiger partial charge in [-0.15, -0.1) is 6.58 Å². The van der Waals surface area contributed by atoms with Crippen molar-refractivity contribution in [1.82, 2.24) is 0 Å². The largest absolute Gasteiger partial charge is 0.496 e. The highest BCUT2D eigenvalue weighted by Gasteiger charge is 2.29. The van der Waals surface area contributed by atoms with Crippen molar-refractivity contribution in [3.8, 4) is 5.75 Å². The number of rotatable bonds is 3. The normalized spacial score (nSPS) is 25.1. The van der Waals surface area contributed by atoms with Gasteiger partial charge in [-0.25, -0.2) is 0 Å². The molecule has 2 nitrogen and oxygen atoms in total. The summed E-state index contributed by atoms with van der Waals surface area (Å²) in [5.41, 5.74) is 1.13. The van der Waals surface area contributed by atoms with Crippen LogP contribution in [-0.4, -0.2) is 13.7 Å². The Morgan fingerprint density at radius 2 is 2.27 bits per heavy atom. The van der Waals surface area contributed by atoms with Crippen molar-refractivity contribution in [2.45, 2.75) is 12.5 Å². The molecule has 2 rings (SSSR count). The molecule has 2 heteroatoms. The highest BCUT2D eigenvalue weighted by molar-refractivity contribution is 5.36. The topological polar surface area (TPSA) is 18.5 Å². The highest BCUT2D eigenvalue weighted by Crippen LogP contribution is 2.39. The van der Waals surface area contributed by atoms with Crippen molar-refractivity contribution >= 4 is 0 Å². The zero-order valence-corrected chi connectivity index (χ0v) is 8.98. The van der Waals surface area contributed by atoms with Crippen LogP contribution < -0.4 is 4.74 Å². The van der Waals surface area contributed by atoms with Crippen LogP contribution >= 0.6 is 0 Å². The van der Waals surface area contributed by atoms with Gasteiger partial charge in [-0.3, -0.25) is 0 Å². The smallest absolute Gasteiger partial charge is 0.124 e. The molecule has 0 unspecified atom stereocenters. The van der Waals surface area contributed by atoms with Gasteiger partial charge in [0.05, 0.1) is 13.2 Å². The van der Waals surface area contributed by atoms with Gasteiger partial charge in [0.1, 0.15) is 5.75 Å². The Balaban J connectivity index is 2.31. The summed E-state index contributed by atoms with van der Waals surface area (Å²) < 4.78 is 11.1. The molecule has 0 spiro atoms. The van der Waals surface area contributed by atoms with Crippen LogP contribution in [0.5, 0.6) is 5.75 Å². The van der Waals surface area contributed by atoms with Crippen molar-refractivity contribution < 1.29 is 9.47 Å². The van der Waals surface area contributed by atoms with Gasteiger partial charge in [0.25, 0.3) is 0 Å². The second-order valence-electron chi connectivity index (χ2n) is 3.72. The number of para-hydroxylation sites is 1. The average molecular weight is 204 g/mol. The molecule has 0 amide bonds. The summed E-state index contributed by atoms with van der Waals surface area (Å²) in [4.78, 5) is 0. The Hall–Kier alpha value is -1.28. The predicted molar refractivity (Wildman–Crippen MR) is 60.0 cm³/mol. The minimum atomic E-state index is 0.110. The van der Waals surface area contributed by atoms with Crippen LogP contribution in [0, 0.1) is 5.92 Å².